The number of nitrogens with zero attached hydrogens (tertiary/aromatic N) is 3. The average molecular weight is 304 g/mol. The monoisotopic (exact) mass is 304 g/mol. The molecule has 1 aliphatic heterocycles. The van der Waals surface area contributed by atoms with Crippen molar-refractivity contribution in [3.8, 4) is 0 Å². The first-order chi connectivity index (χ1) is 10.6. The van der Waals surface area contributed by atoms with Crippen molar-refractivity contribution in [1.29, 1.82) is 0 Å². The molecule has 2 rings (SSSR count). The van der Waals surface area contributed by atoms with Crippen LogP contribution in [0.3, 0.4) is 0 Å². The molecular weight excluding hydrogens is 280 g/mol. The molecule has 120 valence electrons. The van der Waals surface area contributed by atoms with Crippen molar-refractivity contribution in [3.63, 3.8) is 0 Å². The van der Waals surface area contributed by atoms with E-state index in [0.29, 0.717) is 6.42 Å². The lowest BCUT2D eigenvalue weighted by Gasteiger charge is -2.32. The number of hydrogen-bond donors (Lipinski definition) is 1. The molecule has 22 heavy (non-hydrogen) atoms. The Morgan fingerprint density at radius 3 is 2.36 bits per heavy atom. The van der Waals surface area contributed by atoms with E-state index in [1.807, 2.05) is 43.3 Å². The molecule has 1 N–H and O–H groups in total. The van der Waals surface area contributed by atoms with E-state index in [0.717, 1.165) is 50.5 Å². The second-order valence-corrected chi connectivity index (χ2v) is 5.72. The van der Waals surface area contributed by atoms with Crippen molar-refractivity contribution in [2.75, 3.05) is 57.0 Å². The predicted molar refractivity (Wildman–Crippen MR) is 88.1 cm³/mol. The lowest BCUT2D eigenvalue weighted by molar-refractivity contribution is -0.120. The molecule has 0 atom stereocenters. The van der Waals surface area contributed by atoms with Crippen LogP contribution in [0.4, 0.5) is 11.4 Å². The van der Waals surface area contributed by atoms with Crippen LogP contribution in [0.1, 0.15) is 6.42 Å². The summed E-state index contributed by atoms with van der Waals surface area (Å²) < 4.78 is 0. The van der Waals surface area contributed by atoms with Gasteiger partial charge in [-0.2, -0.15) is 0 Å². The van der Waals surface area contributed by atoms with Crippen LogP contribution >= 0.6 is 0 Å². The van der Waals surface area contributed by atoms with E-state index in [-0.39, 0.29) is 5.91 Å². The molecule has 6 nitrogen and oxygen atoms in total. The molecule has 0 radical (unpaired) electrons. The summed E-state index contributed by atoms with van der Waals surface area (Å²) >= 11 is 0. The van der Waals surface area contributed by atoms with E-state index in [2.05, 4.69) is 10.2 Å². The number of anilines is 2. The fraction of sp³-hybridized carbons (Fsp3) is 0.500. The highest BCUT2D eigenvalue weighted by Crippen LogP contribution is 2.15. The fourth-order valence-electron chi connectivity index (χ4n) is 2.42. The van der Waals surface area contributed by atoms with Gasteiger partial charge in [-0.3, -0.25) is 14.5 Å². The van der Waals surface area contributed by atoms with E-state index in [9.17, 15) is 9.59 Å². The Morgan fingerprint density at radius 2 is 1.82 bits per heavy atom. The summed E-state index contributed by atoms with van der Waals surface area (Å²) in [7, 11) is 3.97. The van der Waals surface area contributed by atoms with Crippen molar-refractivity contribution >= 4 is 23.7 Å². The highest BCUT2D eigenvalue weighted by molar-refractivity contribution is 5.91. The van der Waals surface area contributed by atoms with E-state index in [1.165, 1.54) is 0 Å². The minimum absolute atomic E-state index is 0.0235. The van der Waals surface area contributed by atoms with Gasteiger partial charge in [0.1, 0.15) is 0 Å². The third-order valence-corrected chi connectivity index (χ3v) is 3.88. The minimum Gasteiger partial charge on any atom is -0.378 e. The SMILES string of the molecule is CN(C)c1ccc(NC(=O)CCN2CCN(C=O)CC2)cc1. The average Bonchev–Trinajstić information content (AvgIpc) is 2.54. The first-order valence-electron chi connectivity index (χ1n) is 7.57. The summed E-state index contributed by atoms with van der Waals surface area (Å²) in [5, 5.41) is 2.92. The number of carbonyl (C=O) groups is 2. The van der Waals surface area contributed by atoms with Crippen molar-refractivity contribution in [1.82, 2.24) is 9.80 Å². The first kappa shape index (κ1) is 16.3. The lowest BCUT2D eigenvalue weighted by atomic mass is 10.2. The molecule has 0 bridgehead atoms. The number of nitrogens with one attached hydrogen (secondary N) is 1. The zero-order valence-electron chi connectivity index (χ0n) is 13.3. The van der Waals surface area contributed by atoms with Crippen LogP contribution in [-0.4, -0.2) is 68.9 Å². The van der Waals surface area contributed by atoms with Gasteiger partial charge >= 0.3 is 0 Å². The van der Waals surface area contributed by atoms with Gasteiger partial charge in [-0.05, 0) is 24.3 Å². The summed E-state index contributed by atoms with van der Waals surface area (Å²) in [4.78, 5) is 28.6. The van der Waals surface area contributed by atoms with Crippen LogP contribution < -0.4 is 10.2 Å². The van der Waals surface area contributed by atoms with Gasteiger partial charge in [-0.15, -0.1) is 0 Å². The van der Waals surface area contributed by atoms with Gasteiger partial charge in [0.2, 0.25) is 12.3 Å². The van der Waals surface area contributed by atoms with Crippen molar-refractivity contribution in [3.05, 3.63) is 24.3 Å². The molecule has 1 fully saturated rings. The van der Waals surface area contributed by atoms with Crippen LogP contribution in [-0.2, 0) is 9.59 Å². The maximum Gasteiger partial charge on any atom is 0.225 e. The molecule has 0 aliphatic carbocycles. The lowest BCUT2D eigenvalue weighted by Crippen LogP contribution is -2.46. The van der Waals surface area contributed by atoms with Gasteiger partial charge in [0, 0.05) is 64.6 Å². The molecule has 1 heterocycles. The summed E-state index contributed by atoms with van der Waals surface area (Å²) in [5.74, 6) is 0.0235. The number of carbonyl (C=O) groups excluding carboxylic acids is 2. The number of piperazine rings is 1. The second kappa shape index (κ2) is 7.79. The highest BCUT2D eigenvalue weighted by atomic mass is 16.1. The van der Waals surface area contributed by atoms with Crippen molar-refractivity contribution in [2.24, 2.45) is 0 Å². The van der Waals surface area contributed by atoms with E-state index >= 15 is 0 Å². The molecule has 1 aliphatic rings. The maximum atomic E-state index is 12.0. The summed E-state index contributed by atoms with van der Waals surface area (Å²) in [6, 6.07) is 7.79. The molecule has 1 saturated heterocycles. The number of benzene rings is 1. The normalized spacial score (nSPS) is 15.5. The van der Waals surface area contributed by atoms with Crippen LogP contribution in [0.2, 0.25) is 0 Å². The Labute approximate surface area is 131 Å². The Morgan fingerprint density at radius 1 is 1.18 bits per heavy atom. The molecule has 0 spiro atoms. The molecule has 1 aromatic carbocycles. The van der Waals surface area contributed by atoms with Gasteiger partial charge in [-0.1, -0.05) is 0 Å². The van der Waals surface area contributed by atoms with E-state index in [4.69, 9.17) is 0 Å². The van der Waals surface area contributed by atoms with Crippen LogP contribution in [0.5, 0.6) is 0 Å². The molecule has 0 saturated carbocycles. The van der Waals surface area contributed by atoms with Crippen LogP contribution in [0.25, 0.3) is 0 Å². The topological polar surface area (TPSA) is 55.9 Å². The van der Waals surface area contributed by atoms with Crippen molar-refractivity contribution in [2.45, 2.75) is 6.42 Å². The Hall–Kier alpha value is -2.08. The summed E-state index contributed by atoms with van der Waals surface area (Å²) in [6.07, 6.45) is 1.36. The molecule has 2 amide bonds. The fourth-order valence-corrected chi connectivity index (χ4v) is 2.42. The predicted octanol–water partition coefficient (Wildman–Crippen LogP) is 0.855. The third-order valence-electron chi connectivity index (χ3n) is 3.88. The Balaban J connectivity index is 1.72. The number of hydrogen-bond acceptors (Lipinski definition) is 4. The van der Waals surface area contributed by atoms with E-state index in [1.54, 1.807) is 4.90 Å². The molecule has 0 unspecified atom stereocenters. The summed E-state index contributed by atoms with van der Waals surface area (Å²) in [6.45, 7) is 3.90. The van der Waals surface area contributed by atoms with Gasteiger partial charge < -0.3 is 15.1 Å². The van der Waals surface area contributed by atoms with Gasteiger partial charge in [0.25, 0.3) is 0 Å². The first-order valence-corrected chi connectivity index (χ1v) is 7.57. The molecule has 1 aromatic rings. The van der Waals surface area contributed by atoms with Gasteiger partial charge in [0.05, 0.1) is 0 Å². The molecule has 6 heteroatoms. The third kappa shape index (κ3) is 4.73. The second-order valence-electron chi connectivity index (χ2n) is 5.72. The quantitative estimate of drug-likeness (QED) is 0.792. The minimum atomic E-state index is 0.0235. The van der Waals surface area contributed by atoms with Crippen molar-refractivity contribution < 1.29 is 9.59 Å². The van der Waals surface area contributed by atoms with Crippen LogP contribution in [0, 0.1) is 0 Å². The number of amides is 2. The highest BCUT2D eigenvalue weighted by Gasteiger charge is 2.15. The Bertz CT molecular complexity index is 493. The zero-order valence-corrected chi connectivity index (χ0v) is 13.3. The van der Waals surface area contributed by atoms with Crippen LogP contribution in [0.15, 0.2) is 24.3 Å². The van der Waals surface area contributed by atoms with Gasteiger partial charge in [-0.25, -0.2) is 0 Å². The Kier molecular flexibility index (Phi) is 5.77. The largest absolute Gasteiger partial charge is 0.378 e. The van der Waals surface area contributed by atoms with Gasteiger partial charge in [0.15, 0.2) is 0 Å². The molecule has 0 aromatic heterocycles. The van der Waals surface area contributed by atoms with E-state index < -0.39 is 0 Å². The maximum absolute atomic E-state index is 12.0. The zero-order chi connectivity index (χ0) is 15.9. The standard InChI is InChI=1S/C16H24N4O2/c1-18(2)15-5-3-14(4-6-15)17-16(22)7-8-19-9-11-20(13-21)12-10-19/h3-6,13H,7-12H2,1-2H3,(H,17,22). The smallest absolute Gasteiger partial charge is 0.225 e. The summed E-state index contributed by atoms with van der Waals surface area (Å²) in [5.41, 5.74) is 1.92. The number of rotatable bonds is 6. The molecular formula is C16H24N4O2.